The molecule has 0 bridgehead atoms. The zero-order valence-corrected chi connectivity index (χ0v) is 12.7. The van der Waals surface area contributed by atoms with Crippen LogP contribution in [0.5, 0.6) is 0 Å². The molecule has 2 rings (SSSR count). The Morgan fingerprint density at radius 3 is 2.59 bits per heavy atom. The van der Waals surface area contributed by atoms with Gasteiger partial charge in [0.15, 0.2) is 0 Å². The highest BCUT2D eigenvalue weighted by molar-refractivity contribution is 14.1. The van der Waals surface area contributed by atoms with E-state index in [1.165, 1.54) is 0 Å². The van der Waals surface area contributed by atoms with Crippen LogP contribution in [0, 0.1) is 3.57 Å². The van der Waals surface area contributed by atoms with Gasteiger partial charge >= 0.3 is 0 Å². The number of aromatic nitrogens is 2. The Balaban J connectivity index is 2.40. The molecule has 0 saturated carbocycles. The molecule has 0 spiro atoms. The first kappa shape index (κ1) is 13.0. The second-order valence-electron chi connectivity index (χ2n) is 3.67. The fourth-order valence-electron chi connectivity index (χ4n) is 1.57. The molecule has 17 heavy (non-hydrogen) atoms. The molecule has 1 unspecified atom stereocenters. The van der Waals surface area contributed by atoms with Gasteiger partial charge in [0.25, 0.3) is 0 Å². The van der Waals surface area contributed by atoms with Gasteiger partial charge in [0.1, 0.15) is 5.82 Å². The third-order valence-electron chi connectivity index (χ3n) is 2.58. The number of nitrogen functional groups attached to an aromatic ring is 1. The number of nitrogens with zero attached hydrogens (tertiary/aromatic N) is 2. The first-order chi connectivity index (χ1) is 8.00. The molecule has 2 aromatic rings. The normalized spacial score (nSPS) is 12.7. The van der Waals surface area contributed by atoms with E-state index in [-0.39, 0.29) is 6.04 Å². The van der Waals surface area contributed by atoms with Gasteiger partial charge in [-0.3, -0.25) is 0 Å². The monoisotopic (exact) mass is 381 g/mol. The Hall–Kier alpha value is -0.460. The topological polar surface area (TPSA) is 43.8 Å². The summed E-state index contributed by atoms with van der Waals surface area (Å²) in [6, 6.07) is 5.56. The van der Waals surface area contributed by atoms with Crippen LogP contribution in [-0.4, -0.2) is 9.78 Å². The fraction of sp³-hybridized carbons (Fsp3) is 0.182. The van der Waals surface area contributed by atoms with Gasteiger partial charge in [-0.25, -0.2) is 4.68 Å². The van der Waals surface area contributed by atoms with Crippen molar-refractivity contribution in [1.29, 1.82) is 0 Å². The predicted molar refractivity (Wildman–Crippen MR) is 79.6 cm³/mol. The van der Waals surface area contributed by atoms with Crippen molar-refractivity contribution in [1.82, 2.24) is 9.78 Å². The lowest BCUT2D eigenvalue weighted by molar-refractivity contribution is 0.573. The largest absolute Gasteiger partial charge is 0.383 e. The Bertz CT molecular complexity index is 554. The van der Waals surface area contributed by atoms with E-state index in [0.717, 1.165) is 9.13 Å². The van der Waals surface area contributed by atoms with Crippen molar-refractivity contribution in [3.8, 4) is 0 Å². The van der Waals surface area contributed by atoms with Crippen molar-refractivity contribution < 1.29 is 0 Å². The zero-order chi connectivity index (χ0) is 12.6. The van der Waals surface area contributed by atoms with E-state index in [4.69, 9.17) is 28.9 Å². The Morgan fingerprint density at radius 2 is 2.06 bits per heavy atom. The highest BCUT2D eigenvalue weighted by atomic mass is 127. The van der Waals surface area contributed by atoms with Crippen molar-refractivity contribution >= 4 is 51.6 Å². The standard InChI is InChI=1S/C11H10Cl2IN3/c1-6(17-11(15)10(14)5-16-17)7-2-3-8(12)9(13)4-7/h2-6H,15H2,1H3. The van der Waals surface area contributed by atoms with E-state index in [1.54, 1.807) is 16.9 Å². The highest BCUT2D eigenvalue weighted by Crippen LogP contribution is 2.28. The molecule has 1 aromatic carbocycles. The number of hydrogen-bond donors (Lipinski definition) is 1. The molecule has 0 amide bonds. The average molecular weight is 382 g/mol. The molecule has 0 aliphatic rings. The van der Waals surface area contributed by atoms with Crippen LogP contribution < -0.4 is 5.73 Å². The lowest BCUT2D eigenvalue weighted by Crippen LogP contribution is -2.11. The summed E-state index contributed by atoms with van der Waals surface area (Å²) in [4.78, 5) is 0. The SMILES string of the molecule is CC(c1ccc(Cl)c(Cl)c1)n1ncc(I)c1N. The van der Waals surface area contributed by atoms with Gasteiger partial charge in [0.2, 0.25) is 0 Å². The molecule has 0 fully saturated rings. The molecular weight excluding hydrogens is 372 g/mol. The zero-order valence-electron chi connectivity index (χ0n) is 8.99. The van der Waals surface area contributed by atoms with E-state index < -0.39 is 0 Å². The van der Waals surface area contributed by atoms with Crippen LogP contribution in [0.2, 0.25) is 10.0 Å². The van der Waals surface area contributed by atoms with Crippen LogP contribution in [0.4, 0.5) is 5.82 Å². The highest BCUT2D eigenvalue weighted by Gasteiger charge is 2.14. The Kier molecular flexibility index (Phi) is 3.85. The molecule has 1 atom stereocenters. The van der Waals surface area contributed by atoms with Crippen LogP contribution in [0.1, 0.15) is 18.5 Å². The minimum absolute atomic E-state index is 0.0216. The molecule has 6 heteroatoms. The molecule has 0 aliphatic heterocycles. The summed E-state index contributed by atoms with van der Waals surface area (Å²) in [5.41, 5.74) is 6.96. The maximum absolute atomic E-state index is 6.00. The number of benzene rings is 1. The first-order valence-corrected chi connectivity index (χ1v) is 6.77. The molecule has 0 saturated heterocycles. The number of hydrogen-bond acceptors (Lipinski definition) is 2. The number of halogens is 3. The van der Waals surface area contributed by atoms with Crippen molar-refractivity contribution in [3.63, 3.8) is 0 Å². The quantitative estimate of drug-likeness (QED) is 0.799. The molecule has 1 heterocycles. The number of rotatable bonds is 2. The third kappa shape index (κ3) is 2.53. The van der Waals surface area contributed by atoms with Crippen LogP contribution in [0.3, 0.4) is 0 Å². The van der Waals surface area contributed by atoms with Gasteiger partial charge in [0, 0.05) is 0 Å². The van der Waals surface area contributed by atoms with E-state index in [1.807, 2.05) is 19.1 Å². The molecule has 0 aliphatic carbocycles. The van der Waals surface area contributed by atoms with Gasteiger partial charge in [-0.1, -0.05) is 29.3 Å². The Morgan fingerprint density at radius 1 is 1.35 bits per heavy atom. The summed E-state index contributed by atoms with van der Waals surface area (Å²) in [5.74, 6) is 0.657. The van der Waals surface area contributed by atoms with Crippen molar-refractivity contribution in [2.24, 2.45) is 0 Å². The van der Waals surface area contributed by atoms with Crippen molar-refractivity contribution in [2.45, 2.75) is 13.0 Å². The Labute approximate surface area is 123 Å². The number of anilines is 1. The molecule has 0 radical (unpaired) electrons. The van der Waals surface area contributed by atoms with Gasteiger partial charge in [-0.05, 0) is 47.2 Å². The van der Waals surface area contributed by atoms with Gasteiger partial charge in [-0.15, -0.1) is 0 Å². The fourth-order valence-corrected chi connectivity index (χ4v) is 2.25. The third-order valence-corrected chi connectivity index (χ3v) is 4.15. The summed E-state index contributed by atoms with van der Waals surface area (Å²) in [5, 5.41) is 5.34. The van der Waals surface area contributed by atoms with Crippen LogP contribution >= 0.6 is 45.8 Å². The van der Waals surface area contributed by atoms with Crippen molar-refractivity contribution in [2.75, 3.05) is 5.73 Å². The van der Waals surface area contributed by atoms with Gasteiger partial charge in [-0.2, -0.15) is 5.10 Å². The van der Waals surface area contributed by atoms with E-state index >= 15 is 0 Å². The molecular formula is C11H10Cl2IN3. The van der Waals surface area contributed by atoms with Crippen LogP contribution in [0.15, 0.2) is 24.4 Å². The van der Waals surface area contributed by atoms with E-state index in [2.05, 4.69) is 27.7 Å². The summed E-state index contributed by atoms with van der Waals surface area (Å²) in [6.45, 7) is 2.01. The minimum Gasteiger partial charge on any atom is -0.383 e. The average Bonchev–Trinajstić information content (AvgIpc) is 2.63. The summed E-state index contributed by atoms with van der Waals surface area (Å²) < 4.78 is 2.70. The lowest BCUT2D eigenvalue weighted by atomic mass is 10.1. The second kappa shape index (κ2) is 5.04. The molecule has 2 N–H and O–H groups in total. The van der Waals surface area contributed by atoms with E-state index in [9.17, 15) is 0 Å². The van der Waals surface area contributed by atoms with Gasteiger partial charge < -0.3 is 5.73 Å². The minimum atomic E-state index is 0.0216. The first-order valence-electron chi connectivity index (χ1n) is 4.94. The molecule has 3 nitrogen and oxygen atoms in total. The second-order valence-corrected chi connectivity index (χ2v) is 5.65. The summed E-state index contributed by atoms with van der Waals surface area (Å²) >= 11 is 14.0. The number of nitrogens with two attached hydrogens (primary N) is 1. The van der Waals surface area contributed by atoms with Crippen molar-refractivity contribution in [3.05, 3.63) is 43.6 Å². The maximum atomic E-state index is 6.00. The smallest absolute Gasteiger partial charge is 0.135 e. The van der Waals surface area contributed by atoms with Crippen LogP contribution in [-0.2, 0) is 0 Å². The van der Waals surface area contributed by atoms with Crippen LogP contribution in [0.25, 0.3) is 0 Å². The van der Waals surface area contributed by atoms with E-state index in [0.29, 0.717) is 15.9 Å². The predicted octanol–water partition coefficient (Wildman–Crippen LogP) is 3.99. The summed E-state index contributed by atoms with van der Waals surface area (Å²) in [6.07, 6.45) is 1.74. The molecule has 1 aromatic heterocycles. The van der Waals surface area contributed by atoms with Gasteiger partial charge in [0.05, 0.1) is 25.9 Å². The maximum Gasteiger partial charge on any atom is 0.135 e. The molecule has 90 valence electrons. The lowest BCUT2D eigenvalue weighted by Gasteiger charge is -2.15. The summed E-state index contributed by atoms with van der Waals surface area (Å²) in [7, 11) is 0.